The number of benzene rings is 3. The highest BCUT2D eigenvalue weighted by molar-refractivity contribution is 9.09. The second-order valence-electron chi connectivity index (χ2n) is 28.0. The fourth-order valence-electron chi connectivity index (χ4n) is 10.3. The lowest BCUT2D eigenvalue weighted by molar-refractivity contribution is -0.144. The van der Waals surface area contributed by atoms with Gasteiger partial charge < -0.3 is 37.4 Å². The van der Waals surface area contributed by atoms with Crippen LogP contribution in [-0.4, -0.2) is 77.0 Å². The summed E-state index contributed by atoms with van der Waals surface area (Å²) in [4.78, 5) is 59.3. The van der Waals surface area contributed by atoms with Gasteiger partial charge in [0.15, 0.2) is 5.78 Å². The van der Waals surface area contributed by atoms with E-state index in [1.54, 1.807) is 0 Å². The number of halogens is 19. The van der Waals surface area contributed by atoms with Gasteiger partial charge in [-0.25, -0.2) is 0 Å². The van der Waals surface area contributed by atoms with E-state index >= 15 is 0 Å². The van der Waals surface area contributed by atoms with E-state index in [0.717, 1.165) is 38.5 Å². The number of aliphatic hydroxyl groups is 1. The van der Waals surface area contributed by atoms with Gasteiger partial charge in [0.2, 0.25) is 17.7 Å². The van der Waals surface area contributed by atoms with Crippen LogP contribution in [0.15, 0.2) is 54.6 Å². The van der Waals surface area contributed by atoms with Gasteiger partial charge in [-0.1, -0.05) is 78.2 Å². The van der Waals surface area contributed by atoms with Crippen molar-refractivity contribution in [2.24, 2.45) is 39.7 Å². The molecule has 3 aromatic rings. The zero-order valence-corrected chi connectivity index (χ0v) is 56.8. The molecular weight excluding hydrogens is 1390 g/mol. The van der Waals surface area contributed by atoms with Gasteiger partial charge in [-0.15, -0.1) is 0 Å². The summed E-state index contributed by atoms with van der Waals surface area (Å²) >= 11 is 3.10. The lowest BCUT2D eigenvalue weighted by Gasteiger charge is -2.32. The minimum absolute atomic E-state index is 0.00520. The molecule has 0 saturated heterocycles. The van der Waals surface area contributed by atoms with Crippen LogP contribution in [0.25, 0.3) is 0 Å². The largest absolute Gasteiger partial charge is 0.416 e. The summed E-state index contributed by atoms with van der Waals surface area (Å²) in [5.41, 5.74) is -5.46. The van der Waals surface area contributed by atoms with Crippen molar-refractivity contribution in [2.75, 3.05) is 34.4 Å². The smallest absolute Gasteiger partial charge is 0.391 e. The number of alkyl halides is 19. The van der Waals surface area contributed by atoms with E-state index in [4.69, 9.17) is 5.73 Å². The van der Waals surface area contributed by atoms with E-state index in [-0.39, 0.29) is 102 Å². The van der Waals surface area contributed by atoms with E-state index in [1.165, 1.54) is 0 Å². The molecule has 3 aliphatic carbocycles. The molecule has 550 valence electrons. The Morgan fingerprint density at radius 2 is 0.660 bits per heavy atom. The van der Waals surface area contributed by atoms with Crippen molar-refractivity contribution in [3.63, 3.8) is 0 Å². The second-order valence-corrected chi connectivity index (χ2v) is 28.6. The lowest BCUT2D eigenvalue weighted by Crippen LogP contribution is -2.42. The van der Waals surface area contributed by atoms with Gasteiger partial charge in [-0.3, -0.25) is 24.0 Å². The number of carbonyl (C=O) groups is 5. The summed E-state index contributed by atoms with van der Waals surface area (Å²) in [6, 6.07) is 3.52. The molecule has 6 rings (SSSR count). The molecule has 3 aliphatic rings. The normalized spacial score (nSPS) is 20.3. The van der Waals surface area contributed by atoms with Crippen LogP contribution in [-0.2, 0) is 61.0 Å². The molecule has 0 bridgehead atoms. The van der Waals surface area contributed by atoms with Gasteiger partial charge in [0.1, 0.15) is 5.78 Å². The highest BCUT2D eigenvalue weighted by Gasteiger charge is 2.41. The van der Waals surface area contributed by atoms with Crippen LogP contribution in [0.2, 0.25) is 0 Å². The highest BCUT2D eigenvalue weighted by atomic mass is 79.9. The summed E-state index contributed by atoms with van der Waals surface area (Å²) in [7, 11) is 0. The first kappa shape index (κ1) is 85.7. The molecule has 31 heteroatoms. The number of Topliss-reactive ketones (excluding diaryl/α,β-unsaturated/α-hetero) is 2. The van der Waals surface area contributed by atoms with Crippen LogP contribution in [0.4, 0.5) is 96.1 Å². The van der Waals surface area contributed by atoms with Gasteiger partial charge in [0.05, 0.1) is 51.4 Å². The molecule has 0 spiro atoms. The van der Waals surface area contributed by atoms with Crippen LogP contribution >= 0.6 is 15.9 Å². The minimum Gasteiger partial charge on any atom is -0.391 e. The van der Waals surface area contributed by atoms with Crippen molar-refractivity contribution >= 4 is 62.3 Å². The number of nitrogens with one attached hydrogen (secondary N) is 5. The molecule has 8 N–H and O–H groups in total. The molecule has 1 atom stereocenters. The van der Waals surface area contributed by atoms with Gasteiger partial charge in [0.25, 0.3) is 0 Å². The Kier molecular flexibility index (Phi) is 31.1. The highest BCUT2D eigenvalue weighted by Crippen LogP contribution is 2.42. The van der Waals surface area contributed by atoms with E-state index in [2.05, 4.69) is 42.5 Å². The van der Waals surface area contributed by atoms with Crippen molar-refractivity contribution in [1.82, 2.24) is 10.6 Å². The van der Waals surface area contributed by atoms with Crippen molar-refractivity contribution in [3.8, 4) is 0 Å². The number of rotatable bonds is 16. The maximum absolute atomic E-state index is 13.0. The van der Waals surface area contributed by atoms with E-state index in [0.29, 0.717) is 86.8 Å². The summed E-state index contributed by atoms with van der Waals surface area (Å²) in [5, 5.41) is 23.6. The molecule has 97 heavy (non-hydrogen) atoms. The fraction of sp³-hybridized carbons (Fsp3) is 0.652. The lowest BCUT2D eigenvalue weighted by atomic mass is 9.83. The maximum Gasteiger partial charge on any atom is 0.416 e. The molecule has 3 saturated carbocycles. The summed E-state index contributed by atoms with van der Waals surface area (Å²) < 4.78 is 232. The van der Waals surface area contributed by atoms with Gasteiger partial charge in [-0.2, -0.15) is 79.0 Å². The molecule has 0 heterocycles. The first-order chi connectivity index (χ1) is 44.0. The Hall–Kier alpha value is -5.53. The average Bonchev–Trinajstić information content (AvgIpc) is 0.818. The Morgan fingerprint density at radius 1 is 0.412 bits per heavy atom. The predicted molar refractivity (Wildman–Crippen MR) is 335 cm³/mol. The third kappa shape index (κ3) is 31.3. The number of carbonyl (C=O) groups excluding carboxylic acids is 5. The average molecular weight is 1480 g/mol. The second kappa shape index (κ2) is 35.2. The fourth-order valence-corrected chi connectivity index (χ4v) is 11.2. The predicted octanol–water partition coefficient (Wildman–Crippen LogP) is 18.0. The monoisotopic (exact) mass is 1480 g/mol. The standard InChI is InChI=1S/C22H30F6N2O2.C22H28F6N2O2.C16H18F6N2O.C6H11BrO/c2*1-20(2,3)18(31)12-29-16-6-4-13(5-7-16)8-19(32)30-17-10-14(21(23,24)25)9-15(11-17)22(26,27)28;17-15(18,19)10-6-11(16(20,21)22)8-13(7-10)24-14(25)5-9-1-3-12(23)4-2-9;1-6(2,3)5(8)4-7/h9-11,13,16,18,29,31H,4-8,12H2,1-3H3,(H,30,32);9-11,13,16,29H,4-8,12H2,1-3H3,(H,30,32);6-9,12H,1-5,23H2,(H,24,25);4H2,1-3H3. The van der Waals surface area contributed by atoms with Gasteiger partial charge in [0, 0.05) is 71.8 Å². The first-order valence-electron chi connectivity index (χ1n) is 31.4. The number of ketones is 2. The SMILES string of the molecule is CC(C)(C)C(=O)CBr.CC(C)(C)C(=O)CNC1CCC(CC(=O)Nc2cc(C(F)(F)F)cc(C(F)(F)F)c2)CC1.CC(C)(C)C(O)CNC1CCC(CC(=O)Nc2cc(C(F)(F)F)cc(C(F)(F)F)c2)CC1.NC1CCC(CC(=O)Nc2cc(C(F)(F)F)cc(C(F)(F)F)c2)CC1. The molecular formula is C66H87BrF18N6O6. The van der Waals surface area contributed by atoms with Gasteiger partial charge >= 0.3 is 37.1 Å². The molecule has 3 aromatic carbocycles. The Bertz CT molecular complexity index is 2950. The minimum atomic E-state index is -4.97. The van der Waals surface area contributed by atoms with Crippen molar-refractivity contribution in [3.05, 3.63) is 88.0 Å². The van der Waals surface area contributed by atoms with Crippen LogP contribution in [0.3, 0.4) is 0 Å². The molecule has 0 aliphatic heterocycles. The van der Waals surface area contributed by atoms with Crippen LogP contribution in [0.5, 0.6) is 0 Å². The van der Waals surface area contributed by atoms with Gasteiger partial charge in [-0.05, 0) is 155 Å². The molecule has 0 radical (unpaired) electrons. The third-order valence-electron chi connectivity index (χ3n) is 16.6. The molecule has 12 nitrogen and oxygen atoms in total. The number of aliphatic hydroxyl groups excluding tert-OH is 1. The number of nitrogens with two attached hydrogens (primary N) is 1. The quantitative estimate of drug-likeness (QED) is 0.0540. The Labute approximate surface area is 561 Å². The van der Waals surface area contributed by atoms with Crippen LogP contribution < -0.4 is 32.3 Å². The Morgan fingerprint density at radius 3 is 0.876 bits per heavy atom. The zero-order chi connectivity index (χ0) is 74.3. The van der Waals surface area contributed by atoms with Crippen molar-refractivity contribution < 1.29 is 108 Å². The molecule has 3 amide bonds. The number of hydrogen-bond donors (Lipinski definition) is 7. The van der Waals surface area contributed by atoms with E-state index in [9.17, 15) is 108 Å². The van der Waals surface area contributed by atoms with Crippen molar-refractivity contribution in [1.29, 1.82) is 0 Å². The van der Waals surface area contributed by atoms with E-state index in [1.807, 2.05) is 62.3 Å². The topological polar surface area (TPSA) is 192 Å². The molecule has 3 fully saturated rings. The Balaban J connectivity index is 0.000000360. The van der Waals surface area contributed by atoms with Crippen LogP contribution in [0, 0.1) is 34.0 Å². The molecule has 1 unspecified atom stereocenters. The maximum atomic E-state index is 13.0. The summed E-state index contributed by atoms with van der Waals surface area (Å²) in [6.45, 7) is 17.8. The first-order valence-corrected chi connectivity index (χ1v) is 32.5. The van der Waals surface area contributed by atoms with E-state index < -0.39 is 117 Å². The zero-order valence-electron chi connectivity index (χ0n) is 55.2. The summed E-state index contributed by atoms with van der Waals surface area (Å²) in [6.07, 6.45) is -21.5. The number of anilines is 3. The summed E-state index contributed by atoms with van der Waals surface area (Å²) in [5.74, 6) is -1.50. The molecule has 0 aromatic heterocycles. The number of amides is 3. The van der Waals surface area contributed by atoms with Crippen molar-refractivity contribution in [2.45, 2.75) is 220 Å². The number of hydrogen-bond acceptors (Lipinski definition) is 9. The van der Waals surface area contributed by atoms with Crippen LogP contribution in [0.1, 0.15) is 192 Å². The third-order valence-corrected chi connectivity index (χ3v) is 17.1.